The van der Waals surface area contributed by atoms with E-state index >= 15 is 0 Å². The number of nitrogens with zero attached hydrogens (tertiary/aromatic N) is 3. The highest BCUT2D eigenvalue weighted by molar-refractivity contribution is 9.10. The number of halogens is 1. The molecule has 0 radical (unpaired) electrons. The quantitative estimate of drug-likeness (QED) is 0.938. The SMILES string of the molecule is CCCC1CCN(Cc2c(Br)cnc3nc[nH]c23)C1. The van der Waals surface area contributed by atoms with Gasteiger partial charge < -0.3 is 4.98 Å². The Morgan fingerprint density at radius 2 is 2.37 bits per heavy atom. The number of hydrogen-bond acceptors (Lipinski definition) is 3. The van der Waals surface area contributed by atoms with Gasteiger partial charge in [0.2, 0.25) is 0 Å². The van der Waals surface area contributed by atoms with Gasteiger partial charge in [0.05, 0.1) is 11.8 Å². The summed E-state index contributed by atoms with van der Waals surface area (Å²) < 4.78 is 1.07. The molecule has 1 fully saturated rings. The fourth-order valence-corrected chi connectivity index (χ4v) is 3.43. The van der Waals surface area contributed by atoms with Crippen molar-refractivity contribution in [3.05, 3.63) is 22.6 Å². The first-order valence-corrected chi connectivity index (χ1v) is 7.76. The van der Waals surface area contributed by atoms with E-state index in [9.17, 15) is 0 Å². The molecule has 2 aromatic heterocycles. The first kappa shape index (κ1) is 13.1. The summed E-state index contributed by atoms with van der Waals surface area (Å²) in [6.45, 7) is 5.67. The molecule has 19 heavy (non-hydrogen) atoms. The zero-order valence-corrected chi connectivity index (χ0v) is 12.8. The van der Waals surface area contributed by atoms with Gasteiger partial charge in [0.25, 0.3) is 0 Å². The zero-order chi connectivity index (χ0) is 13.2. The van der Waals surface area contributed by atoms with E-state index in [1.807, 2.05) is 6.20 Å². The maximum Gasteiger partial charge on any atom is 0.177 e. The average molecular weight is 323 g/mol. The zero-order valence-electron chi connectivity index (χ0n) is 11.2. The molecule has 1 N–H and O–H groups in total. The Hall–Kier alpha value is -0.940. The number of hydrogen-bond donors (Lipinski definition) is 1. The summed E-state index contributed by atoms with van der Waals surface area (Å²) in [6, 6.07) is 0. The molecule has 1 aliphatic heterocycles. The fourth-order valence-electron chi connectivity index (χ4n) is 3.00. The summed E-state index contributed by atoms with van der Waals surface area (Å²) in [5.74, 6) is 0.878. The Balaban J connectivity index is 1.78. The standard InChI is InChI=1S/C14H19BrN4/c1-2-3-10-4-5-19(7-10)8-11-12(15)6-16-14-13(11)17-9-18-14/h6,9-10H,2-5,7-8H2,1H3,(H,16,17,18). The molecule has 1 saturated heterocycles. The molecule has 0 amide bonds. The lowest BCUT2D eigenvalue weighted by molar-refractivity contribution is 0.313. The van der Waals surface area contributed by atoms with Crippen LogP contribution in [0.4, 0.5) is 0 Å². The van der Waals surface area contributed by atoms with E-state index in [0.717, 1.165) is 28.1 Å². The summed E-state index contributed by atoms with van der Waals surface area (Å²) in [4.78, 5) is 14.3. The first-order chi connectivity index (χ1) is 9.28. The molecule has 0 spiro atoms. The van der Waals surface area contributed by atoms with E-state index in [0.29, 0.717) is 0 Å². The maximum atomic E-state index is 4.31. The predicted octanol–water partition coefficient (Wildman–Crippen LogP) is 3.34. The van der Waals surface area contributed by atoms with E-state index < -0.39 is 0 Å². The van der Waals surface area contributed by atoms with Crippen molar-refractivity contribution in [3.63, 3.8) is 0 Å². The van der Waals surface area contributed by atoms with Crippen LogP contribution in [0, 0.1) is 5.92 Å². The Morgan fingerprint density at radius 1 is 1.47 bits per heavy atom. The van der Waals surface area contributed by atoms with Crippen LogP contribution in [-0.2, 0) is 6.54 Å². The number of H-pyrrole nitrogens is 1. The second-order valence-electron chi connectivity index (χ2n) is 5.36. The lowest BCUT2D eigenvalue weighted by Crippen LogP contribution is -2.20. The summed E-state index contributed by atoms with van der Waals surface area (Å²) in [7, 11) is 0. The van der Waals surface area contributed by atoms with Crippen LogP contribution in [-0.4, -0.2) is 32.9 Å². The van der Waals surface area contributed by atoms with Gasteiger partial charge in [-0.1, -0.05) is 13.3 Å². The highest BCUT2D eigenvalue weighted by atomic mass is 79.9. The monoisotopic (exact) mass is 322 g/mol. The van der Waals surface area contributed by atoms with E-state index in [1.54, 1.807) is 6.33 Å². The molecular weight excluding hydrogens is 304 g/mol. The van der Waals surface area contributed by atoms with Gasteiger partial charge in [0.15, 0.2) is 5.65 Å². The largest absolute Gasteiger partial charge is 0.343 e. The molecule has 0 bridgehead atoms. The van der Waals surface area contributed by atoms with Crippen LogP contribution in [0.15, 0.2) is 17.0 Å². The van der Waals surface area contributed by atoms with E-state index in [-0.39, 0.29) is 0 Å². The molecule has 3 rings (SSSR count). The van der Waals surface area contributed by atoms with Crippen LogP contribution in [0.1, 0.15) is 31.7 Å². The Morgan fingerprint density at radius 3 is 3.21 bits per heavy atom. The third-order valence-corrected chi connectivity index (χ3v) is 4.64. The minimum absolute atomic E-state index is 0.808. The van der Waals surface area contributed by atoms with Crippen molar-refractivity contribution in [2.75, 3.05) is 13.1 Å². The van der Waals surface area contributed by atoms with Crippen molar-refractivity contribution < 1.29 is 0 Å². The number of rotatable bonds is 4. The number of pyridine rings is 1. The number of fused-ring (bicyclic) bond motifs is 1. The predicted molar refractivity (Wildman–Crippen MR) is 79.9 cm³/mol. The van der Waals surface area contributed by atoms with Crippen LogP contribution in [0.25, 0.3) is 11.2 Å². The minimum atomic E-state index is 0.808. The fraction of sp³-hybridized carbons (Fsp3) is 0.571. The number of likely N-dealkylation sites (tertiary alicyclic amines) is 1. The summed E-state index contributed by atoms with van der Waals surface area (Å²) in [5.41, 5.74) is 3.15. The Labute approximate surface area is 121 Å². The van der Waals surface area contributed by atoms with Crippen molar-refractivity contribution >= 4 is 27.1 Å². The van der Waals surface area contributed by atoms with Crippen LogP contribution >= 0.6 is 15.9 Å². The van der Waals surface area contributed by atoms with Gasteiger partial charge in [-0.15, -0.1) is 0 Å². The van der Waals surface area contributed by atoms with Gasteiger partial charge in [-0.2, -0.15) is 0 Å². The molecule has 3 heterocycles. The van der Waals surface area contributed by atoms with Crippen LogP contribution < -0.4 is 0 Å². The summed E-state index contributed by atoms with van der Waals surface area (Å²) >= 11 is 3.62. The lowest BCUT2D eigenvalue weighted by atomic mass is 10.0. The normalized spacial score (nSPS) is 20.4. The molecule has 0 saturated carbocycles. The Bertz CT molecular complexity index is 566. The molecule has 1 aliphatic rings. The number of imidazole rings is 1. The minimum Gasteiger partial charge on any atom is -0.343 e. The van der Waals surface area contributed by atoms with Gasteiger partial charge in [-0.25, -0.2) is 9.97 Å². The highest BCUT2D eigenvalue weighted by Gasteiger charge is 2.23. The third-order valence-electron chi connectivity index (χ3n) is 3.96. The van der Waals surface area contributed by atoms with Crippen molar-refractivity contribution in [1.29, 1.82) is 0 Å². The molecule has 4 nitrogen and oxygen atoms in total. The van der Waals surface area contributed by atoms with Crippen LogP contribution in [0.3, 0.4) is 0 Å². The second-order valence-corrected chi connectivity index (χ2v) is 6.22. The van der Waals surface area contributed by atoms with Gasteiger partial charge in [0.1, 0.15) is 0 Å². The smallest absolute Gasteiger partial charge is 0.177 e. The molecule has 102 valence electrons. The molecule has 2 aromatic rings. The highest BCUT2D eigenvalue weighted by Crippen LogP contribution is 2.27. The van der Waals surface area contributed by atoms with Crippen LogP contribution in [0.2, 0.25) is 0 Å². The summed E-state index contributed by atoms with van der Waals surface area (Å²) in [5, 5.41) is 0. The number of aromatic nitrogens is 3. The number of nitrogens with one attached hydrogen (secondary N) is 1. The lowest BCUT2D eigenvalue weighted by Gasteiger charge is -2.17. The first-order valence-electron chi connectivity index (χ1n) is 6.96. The van der Waals surface area contributed by atoms with Gasteiger partial charge in [-0.05, 0) is 41.2 Å². The van der Waals surface area contributed by atoms with Crippen molar-refractivity contribution in [2.45, 2.75) is 32.7 Å². The van der Waals surface area contributed by atoms with Crippen molar-refractivity contribution in [2.24, 2.45) is 5.92 Å². The molecule has 1 atom stereocenters. The maximum absolute atomic E-state index is 4.31. The van der Waals surface area contributed by atoms with Gasteiger partial charge >= 0.3 is 0 Å². The molecule has 1 unspecified atom stereocenters. The van der Waals surface area contributed by atoms with E-state index in [4.69, 9.17) is 0 Å². The molecule has 0 aromatic carbocycles. The van der Waals surface area contributed by atoms with E-state index in [1.165, 1.54) is 37.9 Å². The van der Waals surface area contributed by atoms with Crippen molar-refractivity contribution in [3.8, 4) is 0 Å². The van der Waals surface area contributed by atoms with Gasteiger partial charge in [0, 0.05) is 29.3 Å². The summed E-state index contributed by atoms with van der Waals surface area (Å²) in [6.07, 6.45) is 7.56. The third kappa shape index (κ3) is 2.67. The van der Waals surface area contributed by atoms with Gasteiger partial charge in [-0.3, -0.25) is 4.90 Å². The van der Waals surface area contributed by atoms with E-state index in [2.05, 4.69) is 42.7 Å². The molecule has 5 heteroatoms. The second kappa shape index (κ2) is 5.59. The van der Waals surface area contributed by atoms with Crippen molar-refractivity contribution in [1.82, 2.24) is 19.9 Å². The number of aromatic amines is 1. The average Bonchev–Trinajstić information content (AvgIpc) is 3.02. The molecule has 0 aliphatic carbocycles. The van der Waals surface area contributed by atoms with Crippen LogP contribution in [0.5, 0.6) is 0 Å². The topological polar surface area (TPSA) is 44.8 Å². The Kier molecular flexibility index (Phi) is 3.84. The molecular formula is C14H19BrN4.